The van der Waals surface area contributed by atoms with Crippen LogP contribution in [0.5, 0.6) is 0 Å². The molecule has 0 heterocycles. The lowest BCUT2D eigenvalue weighted by molar-refractivity contribution is -0.149. The first kappa shape index (κ1) is 15.7. The third kappa shape index (κ3) is 5.51. The number of carbonyl (C=O) groups is 1. The molecule has 0 amide bonds. The van der Waals surface area contributed by atoms with Gasteiger partial charge in [-0.1, -0.05) is 37.3 Å². The van der Waals surface area contributed by atoms with Gasteiger partial charge < -0.3 is 4.74 Å². The van der Waals surface area contributed by atoms with Gasteiger partial charge in [0, 0.05) is 6.54 Å². The van der Waals surface area contributed by atoms with Gasteiger partial charge in [-0.2, -0.15) is 10.5 Å². The van der Waals surface area contributed by atoms with E-state index in [4.69, 9.17) is 15.3 Å². The van der Waals surface area contributed by atoms with E-state index < -0.39 is 0 Å². The Balaban J connectivity index is 2.42. The van der Waals surface area contributed by atoms with Gasteiger partial charge in [0.15, 0.2) is 0 Å². The summed E-state index contributed by atoms with van der Waals surface area (Å²) >= 11 is 0. The molecule has 0 aliphatic carbocycles. The Labute approximate surface area is 119 Å². The van der Waals surface area contributed by atoms with Crippen molar-refractivity contribution in [2.24, 2.45) is 5.92 Å². The van der Waals surface area contributed by atoms with Gasteiger partial charge >= 0.3 is 5.97 Å². The standard InChI is InChI=1S/C15H17N3O2/c1-13(11-18(9-7-16)10-8-17)15(19)20-12-14-5-3-2-4-6-14/h2-6,13H,9-12H2,1H3. The summed E-state index contributed by atoms with van der Waals surface area (Å²) in [4.78, 5) is 13.5. The van der Waals surface area contributed by atoms with Crippen LogP contribution in [0.15, 0.2) is 30.3 Å². The molecule has 0 radical (unpaired) electrons. The largest absolute Gasteiger partial charge is 0.461 e. The topological polar surface area (TPSA) is 77.1 Å². The van der Waals surface area contributed by atoms with Gasteiger partial charge in [-0.3, -0.25) is 9.69 Å². The predicted molar refractivity (Wildman–Crippen MR) is 73.1 cm³/mol. The van der Waals surface area contributed by atoms with Gasteiger partial charge in [-0.05, 0) is 5.56 Å². The number of rotatable bonds is 7. The van der Waals surface area contributed by atoms with Gasteiger partial charge in [0.05, 0.1) is 31.1 Å². The Hall–Kier alpha value is -2.37. The first-order chi connectivity index (χ1) is 9.67. The van der Waals surface area contributed by atoms with E-state index in [0.717, 1.165) is 5.56 Å². The van der Waals surface area contributed by atoms with Gasteiger partial charge in [0.2, 0.25) is 0 Å². The van der Waals surface area contributed by atoms with Crippen LogP contribution < -0.4 is 0 Å². The Kier molecular flexibility index (Phi) is 6.81. The maximum atomic E-state index is 11.8. The zero-order valence-corrected chi connectivity index (χ0v) is 11.5. The predicted octanol–water partition coefficient (Wildman–Crippen LogP) is 1.72. The molecule has 1 unspecified atom stereocenters. The number of hydrogen-bond acceptors (Lipinski definition) is 5. The second-order valence-corrected chi connectivity index (χ2v) is 4.48. The molecule has 20 heavy (non-hydrogen) atoms. The van der Waals surface area contributed by atoms with E-state index in [0.29, 0.717) is 6.54 Å². The zero-order chi connectivity index (χ0) is 14.8. The van der Waals surface area contributed by atoms with Crippen molar-refractivity contribution in [2.45, 2.75) is 13.5 Å². The molecule has 104 valence electrons. The fraction of sp³-hybridized carbons (Fsp3) is 0.400. The minimum atomic E-state index is -0.375. The number of nitriles is 2. The molecule has 1 aromatic rings. The molecule has 1 atom stereocenters. The second-order valence-electron chi connectivity index (χ2n) is 4.48. The van der Waals surface area contributed by atoms with Crippen LogP contribution in [0.25, 0.3) is 0 Å². The lowest BCUT2D eigenvalue weighted by atomic mass is 10.1. The van der Waals surface area contributed by atoms with E-state index >= 15 is 0 Å². The monoisotopic (exact) mass is 271 g/mol. The maximum absolute atomic E-state index is 11.8. The summed E-state index contributed by atoms with van der Waals surface area (Å²) in [6, 6.07) is 13.4. The molecule has 0 fully saturated rings. The van der Waals surface area contributed by atoms with Crippen LogP contribution in [0.1, 0.15) is 12.5 Å². The third-order valence-electron chi connectivity index (χ3n) is 2.75. The maximum Gasteiger partial charge on any atom is 0.310 e. The number of carbonyl (C=O) groups excluding carboxylic acids is 1. The quantitative estimate of drug-likeness (QED) is 0.557. The van der Waals surface area contributed by atoms with Crippen molar-refractivity contribution in [3.05, 3.63) is 35.9 Å². The minimum absolute atomic E-state index is 0.129. The Morgan fingerprint density at radius 1 is 1.25 bits per heavy atom. The van der Waals surface area contributed by atoms with Crippen molar-refractivity contribution in [1.29, 1.82) is 10.5 Å². The molecule has 0 aromatic heterocycles. The van der Waals surface area contributed by atoms with Gasteiger partial charge in [-0.25, -0.2) is 0 Å². The SMILES string of the molecule is CC(CN(CC#N)CC#N)C(=O)OCc1ccccc1. The summed E-state index contributed by atoms with van der Waals surface area (Å²) in [6.07, 6.45) is 0. The summed E-state index contributed by atoms with van der Waals surface area (Å²) in [5.41, 5.74) is 0.930. The summed E-state index contributed by atoms with van der Waals surface area (Å²) in [5, 5.41) is 17.3. The molecule has 0 bridgehead atoms. The Morgan fingerprint density at radius 2 is 1.85 bits per heavy atom. The van der Waals surface area contributed by atoms with Crippen LogP contribution in [-0.2, 0) is 16.1 Å². The highest BCUT2D eigenvalue weighted by Crippen LogP contribution is 2.06. The summed E-state index contributed by atoms with van der Waals surface area (Å²) < 4.78 is 5.22. The third-order valence-corrected chi connectivity index (χ3v) is 2.75. The van der Waals surface area contributed by atoms with Gasteiger partial charge in [0.1, 0.15) is 6.61 Å². The van der Waals surface area contributed by atoms with Crippen LogP contribution >= 0.6 is 0 Å². The number of ether oxygens (including phenoxy) is 1. The summed E-state index contributed by atoms with van der Waals surface area (Å²) in [5.74, 6) is -0.699. The van der Waals surface area contributed by atoms with E-state index in [1.165, 1.54) is 0 Å². The first-order valence-corrected chi connectivity index (χ1v) is 6.34. The molecule has 0 N–H and O–H groups in total. The fourth-order valence-electron chi connectivity index (χ4n) is 1.72. The van der Waals surface area contributed by atoms with Crippen molar-refractivity contribution in [1.82, 2.24) is 4.90 Å². The highest BCUT2D eigenvalue weighted by molar-refractivity contribution is 5.72. The van der Waals surface area contributed by atoms with Crippen LogP contribution in [0.2, 0.25) is 0 Å². The van der Waals surface area contributed by atoms with Crippen molar-refractivity contribution >= 4 is 5.97 Å². The van der Waals surface area contributed by atoms with Crippen molar-refractivity contribution in [3.8, 4) is 12.1 Å². The molecule has 0 saturated heterocycles. The van der Waals surface area contributed by atoms with Crippen molar-refractivity contribution < 1.29 is 9.53 Å². The molecule has 0 spiro atoms. The average Bonchev–Trinajstić information content (AvgIpc) is 2.46. The smallest absolute Gasteiger partial charge is 0.310 e. The zero-order valence-electron chi connectivity index (χ0n) is 11.5. The molecule has 5 heteroatoms. The minimum Gasteiger partial charge on any atom is -0.461 e. The Morgan fingerprint density at radius 3 is 2.40 bits per heavy atom. The number of hydrogen-bond donors (Lipinski definition) is 0. The van der Waals surface area contributed by atoms with E-state index in [-0.39, 0.29) is 31.6 Å². The highest BCUT2D eigenvalue weighted by atomic mass is 16.5. The number of nitrogens with zero attached hydrogens (tertiary/aromatic N) is 3. The first-order valence-electron chi connectivity index (χ1n) is 6.34. The number of esters is 1. The molecular formula is C15H17N3O2. The van der Waals surface area contributed by atoms with Gasteiger partial charge in [-0.15, -0.1) is 0 Å². The van der Waals surface area contributed by atoms with Crippen LogP contribution in [0.4, 0.5) is 0 Å². The van der Waals surface area contributed by atoms with Crippen LogP contribution in [-0.4, -0.2) is 30.5 Å². The van der Waals surface area contributed by atoms with E-state index in [2.05, 4.69) is 0 Å². The second kappa shape index (κ2) is 8.68. The Bertz CT molecular complexity index is 486. The normalized spacial score (nSPS) is 11.4. The van der Waals surface area contributed by atoms with Crippen molar-refractivity contribution in [3.63, 3.8) is 0 Å². The molecule has 0 saturated carbocycles. The van der Waals surface area contributed by atoms with Crippen LogP contribution in [0, 0.1) is 28.6 Å². The average molecular weight is 271 g/mol. The lowest BCUT2D eigenvalue weighted by Crippen LogP contribution is -2.33. The molecule has 5 nitrogen and oxygen atoms in total. The fourth-order valence-corrected chi connectivity index (χ4v) is 1.72. The van der Waals surface area contributed by atoms with E-state index in [9.17, 15) is 4.79 Å². The molecule has 1 rings (SSSR count). The van der Waals surface area contributed by atoms with Crippen molar-refractivity contribution in [2.75, 3.05) is 19.6 Å². The number of benzene rings is 1. The molecular weight excluding hydrogens is 254 g/mol. The molecule has 0 aliphatic heterocycles. The summed E-state index contributed by atoms with van der Waals surface area (Å²) in [7, 11) is 0. The van der Waals surface area contributed by atoms with Gasteiger partial charge in [0.25, 0.3) is 0 Å². The molecule has 1 aromatic carbocycles. The summed E-state index contributed by atoms with van der Waals surface area (Å²) in [6.45, 7) is 2.57. The van der Waals surface area contributed by atoms with Crippen LogP contribution in [0.3, 0.4) is 0 Å². The lowest BCUT2D eigenvalue weighted by Gasteiger charge is -2.19. The van der Waals surface area contributed by atoms with E-state index in [1.807, 2.05) is 42.5 Å². The van der Waals surface area contributed by atoms with E-state index in [1.54, 1.807) is 11.8 Å². The highest BCUT2D eigenvalue weighted by Gasteiger charge is 2.18. The molecule has 0 aliphatic rings.